The number of rotatable bonds is 1. The fourth-order valence-corrected chi connectivity index (χ4v) is 2.44. The summed E-state index contributed by atoms with van der Waals surface area (Å²) in [6.45, 7) is 4.15. The smallest absolute Gasteiger partial charge is 0.0666 e. The summed E-state index contributed by atoms with van der Waals surface area (Å²) in [5.41, 5.74) is 4.37. The largest absolute Gasteiger partial charge is 0.252 e. The predicted octanol–water partition coefficient (Wildman–Crippen LogP) is 5.28. The first-order valence-electron chi connectivity index (χ1n) is 5.83. The molecule has 1 aromatic rings. The van der Waals surface area contributed by atoms with Crippen molar-refractivity contribution in [1.29, 1.82) is 0 Å². The van der Waals surface area contributed by atoms with Crippen LogP contribution >= 0.6 is 23.2 Å². The van der Waals surface area contributed by atoms with Gasteiger partial charge in [-0.2, -0.15) is 0 Å². The van der Waals surface area contributed by atoms with Crippen molar-refractivity contribution in [3.63, 3.8) is 0 Å². The highest BCUT2D eigenvalue weighted by Crippen LogP contribution is 2.30. The Hall–Kier alpha value is -0.790. The number of aryl methyl sites for hydroxylation is 1. The van der Waals surface area contributed by atoms with Crippen LogP contribution in [0.2, 0.25) is 5.02 Å². The van der Waals surface area contributed by atoms with Crippen molar-refractivity contribution in [2.45, 2.75) is 33.1 Å². The SMILES string of the molecule is CCC1=Nc2ccc(Cl)cc2CCC(C)=C1Cl. The molecule has 3 heteroatoms. The number of halogens is 2. The minimum Gasteiger partial charge on any atom is -0.252 e. The summed E-state index contributed by atoms with van der Waals surface area (Å²) in [6, 6.07) is 5.85. The van der Waals surface area contributed by atoms with Crippen LogP contribution in [0, 0.1) is 0 Å². The second-order valence-electron chi connectivity index (χ2n) is 4.28. The van der Waals surface area contributed by atoms with Crippen LogP contribution in [0.1, 0.15) is 32.3 Å². The lowest BCUT2D eigenvalue weighted by Crippen LogP contribution is -2.03. The summed E-state index contributed by atoms with van der Waals surface area (Å²) in [7, 11) is 0. The molecular formula is C14H15Cl2N. The molecule has 0 N–H and O–H groups in total. The van der Waals surface area contributed by atoms with Gasteiger partial charge < -0.3 is 0 Å². The van der Waals surface area contributed by atoms with Crippen LogP contribution < -0.4 is 0 Å². The molecule has 0 atom stereocenters. The van der Waals surface area contributed by atoms with E-state index in [0.717, 1.165) is 40.7 Å². The molecule has 90 valence electrons. The number of hydrogen-bond acceptors (Lipinski definition) is 1. The van der Waals surface area contributed by atoms with Gasteiger partial charge >= 0.3 is 0 Å². The molecule has 0 bridgehead atoms. The van der Waals surface area contributed by atoms with Crippen LogP contribution in [0.15, 0.2) is 33.8 Å². The van der Waals surface area contributed by atoms with Gasteiger partial charge in [-0.25, -0.2) is 0 Å². The van der Waals surface area contributed by atoms with Crippen LogP contribution in [-0.4, -0.2) is 5.71 Å². The minimum absolute atomic E-state index is 0.769. The molecule has 1 aromatic carbocycles. The molecule has 0 aromatic heterocycles. The summed E-state index contributed by atoms with van der Waals surface area (Å²) in [4.78, 5) is 4.66. The highest BCUT2D eigenvalue weighted by Gasteiger charge is 2.13. The van der Waals surface area contributed by atoms with Gasteiger partial charge in [0.25, 0.3) is 0 Å². The first kappa shape index (κ1) is 12.7. The Morgan fingerprint density at radius 1 is 1.24 bits per heavy atom. The maximum atomic E-state index is 6.33. The molecule has 0 radical (unpaired) electrons. The monoisotopic (exact) mass is 267 g/mol. The van der Waals surface area contributed by atoms with Gasteiger partial charge in [0.1, 0.15) is 0 Å². The Labute approximate surface area is 112 Å². The van der Waals surface area contributed by atoms with Gasteiger partial charge in [0, 0.05) is 5.02 Å². The van der Waals surface area contributed by atoms with Gasteiger partial charge in [-0.1, -0.05) is 35.7 Å². The van der Waals surface area contributed by atoms with E-state index in [2.05, 4.69) is 18.8 Å². The van der Waals surface area contributed by atoms with E-state index in [1.54, 1.807) is 0 Å². The van der Waals surface area contributed by atoms with E-state index in [1.165, 1.54) is 11.1 Å². The van der Waals surface area contributed by atoms with Gasteiger partial charge in [0.05, 0.1) is 16.4 Å². The van der Waals surface area contributed by atoms with Crippen molar-refractivity contribution in [1.82, 2.24) is 0 Å². The van der Waals surface area contributed by atoms with E-state index in [-0.39, 0.29) is 0 Å². The van der Waals surface area contributed by atoms with Crippen molar-refractivity contribution in [2.75, 3.05) is 0 Å². The second kappa shape index (κ2) is 5.24. The molecular weight excluding hydrogens is 253 g/mol. The normalized spacial score (nSPS) is 16.1. The van der Waals surface area contributed by atoms with Gasteiger partial charge in [-0.15, -0.1) is 0 Å². The lowest BCUT2D eigenvalue weighted by atomic mass is 10.0. The number of aliphatic imine (C=N–C) groups is 1. The molecule has 1 aliphatic rings. The maximum absolute atomic E-state index is 6.33. The highest BCUT2D eigenvalue weighted by molar-refractivity contribution is 6.44. The molecule has 0 saturated carbocycles. The first-order chi connectivity index (χ1) is 8.11. The number of fused-ring (bicyclic) bond motifs is 1. The zero-order valence-corrected chi connectivity index (χ0v) is 11.6. The second-order valence-corrected chi connectivity index (χ2v) is 5.09. The van der Waals surface area contributed by atoms with Crippen LogP contribution in [0.4, 0.5) is 5.69 Å². The van der Waals surface area contributed by atoms with Crippen LogP contribution in [0.5, 0.6) is 0 Å². The van der Waals surface area contributed by atoms with Crippen molar-refractivity contribution in [3.8, 4) is 0 Å². The Bertz CT molecular complexity index is 501. The predicted molar refractivity (Wildman–Crippen MR) is 75.7 cm³/mol. The van der Waals surface area contributed by atoms with Crippen LogP contribution in [0.25, 0.3) is 0 Å². The van der Waals surface area contributed by atoms with Crippen LogP contribution in [0.3, 0.4) is 0 Å². The third-order valence-corrected chi connectivity index (χ3v) is 3.81. The fraction of sp³-hybridized carbons (Fsp3) is 0.357. The van der Waals surface area contributed by atoms with Gasteiger partial charge in [0.2, 0.25) is 0 Å². The van der Waals surface area contributed by atoms with Crippen molar-refractivity contribution < 1.29 is 0 Å². The van der Waals surface area contributed by atoms with Crippen LogP contribution in [-0.2, 0) is 6.42 Å². The minimum atomic E-state index is 0.769. The highest BCUT2D eigenvalue weighted by atomic mass is 35.5. The van der Waals surface area contributed by atoms with Gasteiger partial charge in [-0.05, 0) is 49.9 Å². The van der Waals surface area contributed by atoms with Crippen molar-refractivity contribution in [2.24, 2.45) is 4.99 Å². The number of benzene rings is 1. The first-order valence-corrected chi connectivity index (χ1v) is 6.59. The van der Waals surface area contributed by atoms with E-state index in [4.69, 9.17) is 23.2 Å². The van der Waals surface area contributed by atoms with Crippen molar-refractivity contribution >= 4 is 34.6 Å². The Morgan fingerprint density at radius 2 is 2.00 bits per heavy atom. The summed E-state index contributed by atoms with van der Waals surface area (Å²) < 4.78 is 0. The third kappa shape index (κ3) is 2.72. The zero-order chi connectivity index (χ0) is 12.4. The molecule has 1 aliphatic heterocycles. The zero-order valence-electron chi connectivity index (χ0n) is 10.1. The van der Waals surface area contributed by atoms with E-state index < -0.39 is 0 Å². The van der Waals surface area contributed by atoms with Gasteiger partial charge in [-0.3, -0.25) is 4.99 Å². The van der Waals surface area contributed by atoms with E-state index in [0.29, 0.717) is 0 Å². The number of allylic oxidation sites excluding steroid dienone is 2. The number of hydrogen-bond donors (Lipinski definition) is 0. The Morgan fingerprint density at radius 3 is 2.71 bits per heavy atom. The molecule has 1 heterocycles. The molecule has 17 heavy (non-hydrogen) atoms. The number of nitrogens with zero attached hydrogens (tertiary/aromatic N) is 1. The average molecular weight is 268 g/mol. The van der Waals surface area contributed by atoms with E-state index in [1.807, 2.05) is 18.2 Å². The lowest BCUT2D eigenvalue weighted by Gasteiger charge is -2.14. The molecule has 0 amide bonds. The third-order valence-electron chi connectivity index (χ3n) is 3.03. The molecule has 0 aliphatic carbocycles. The maximum Gasteiger partial charge on any atom is 0.0666 e. The quantitative estimate of drug-likeness (QED) is 0.657. The summed E-state index contributed by atoms with van der Waals surface area (Å²) in [5.74, 6) is 0. The molecule has 0 saturated heterocycles. The topological polar surface area (TPSA) is 12.4 Å². The van der Waals surface area contributed by atoms with Crippen molar-refractivity contribution in [3.05, 3.63) is 39.4 Å². The molecule has 0 spiro atoms. The molecule has 0 fully saturated rings. The molecule has 0 unspecified atom stereocenters. The summed E-state index contributed by atoms with van der Waals surface area (Å²) >= 11 is 12.4. The Kier molecular flexibility index (Phi) is 3.90. The molecule has 2 rings (SSSR count). The lowest BCUT2D eigenvalue weighted by molar-refractivity contribution is 0.933. The summed E-state index contributed by atoms with van der Waals surface area (Å²) in [5, 5.41) is 1.60. The Balaban J connectivity index is 2.55. The summed E-state index contributed by atoms with van der Waals surface area (Å²) in [6.07, 6.45) is 2.75. The molecule has 1 nitrogen and oxygen atoms in total. The fourth-order valence-electron chi connectivity index (χ4n) is 1.97. The average Bonchev–Trinajstić information content (AvgIpc) is 2.32. The standard InChI is InChI=1S/C14H15Cl2N/c1-3-12-14(16)9(2)4-5-10-8-11(15)6-7-13(10)17-12/h6-8H,3-5H2,1-2H3. The van der Waals surface area contributed by atoms with Gasteiger partial charge in [0.15, 0.2) is 0 Å². The van der Waals surface area contributed by atoms with E-state index >= 15 is 0 Å². The van der Waals surface area contributed by atoms with E-state index in [9.17, 15) is 0 Å².